The summed E-state index contributed by atoms with van der Waals surface area (Å²) in [5.41, 5.74) is 3.92. The van der Waals surface area contributed by atoms with Crippen molar-refractivity contribution < 1.29 is 0 Å². The molecule has 1 aliphatic rings. The highest BCUT2D eigenvalue weighted by molar-refractivity contribution is 5.12. The topological polar surface area (TPSA) is 59.1 Å². The van der Waals surface area contributed by atoms with Crippen LogP contribution in [0, 0.1) is 0 Å². The summed E-state index contributed by atoms with van der Waals surface area (Å²) in [6.45, 7) is 6.77. The lowest BCUT2D eigenvalue weighted by atomic mass is 9.90. The molecule has 0 saturated carbocycles. The predicted molar refractivity (Wildman–Crippen MR) is 68.2 cm³/mol. The molecule has 1 aromatic heterocycles. The van der Waals surface area contributed by atoms with Gasteiger partial charge in [-0.15, -0.1) is 0 Å². The molecule has 2 rings (SSSR count). The van der Waals surface area contributed by atoms with Gasteiger partial charge in [0.1, 0.15) is 0 Å². The first-order valence-electron chi connectivity index (χ1n) is 6.26. The number of aryl methyl sites for hydroxylation is 1. The number of nitrogens with zero attached hydrogens (tertiary/aromatic N) is 3. The Morgan fingerprint density at radius 1 is 1.41 bits per heavy atom. The van der Waals surface area contributed by atoms with E-state index in [1.807, 2.05) is 24.0 Å². The first kappa shape index (κ1) is 12.5. The van der Waals surface area contributed by atoms with Crippen LogP contribution in [0.5, 0.6) is 0 Å². The zero-order chi connectivity index (χ0) is 12.5. The van der Waals surface area contributed by atoms with Crippen molar-refractivity contribution in [3.05, 3.63) is 18.0 Å². The van der Waals surface area contributed by atoms with Crippen LogP contribution in [0.4, 0.5) is 0 Å². The van der Waals surface area contributed by atoms with E-state index in [-0.39, 0.29) is 11.6 Å². The van der Waals surface area contributed by atoms with E-state index in [1.165, 1.54) is 12.8 Å². The van der Waals surface area contributed by atoms with Gasteiger partial charge in [-0.05, 0) is 45.8 Å². The summed E-state index contributed by atoms with van der Waals surface area (Å²) in [6.07, 6.45) is 4.52. The Bertz CT molecular complexity index is 365. The van der Waals surface area contributed by atoms with E-state index in [2.05, 4.69) is 29.3 Å². The van der Waals surface area contributed by atoms with E-state index >= 15 is 0 Å². The molecule has 3 N–H and O–H groups in total. The number of nitrogens with two attached hydrogens (primary N) is 1. The molecule has 96 valence electrons. The molecule has 5 heteroatoms. The maximum atomic E-state index is 5.74. The fourth-order valence-electron chi connectivity index (χ4n) is 2.71. The lowest BCUT2D eigenvalue weighted by Gasteiger charge is -2.41. The van der Waals surface area contributed by atoms with Gasteiger partial charge in [-0.1, -0.05) is 0 Å². The van der Waals surface area contributed by atoms with E-state index in [4.69, 9.17) is 5.84 Å². The molecule has 0 spiro atoms. The molecule has 17 heavy (non-hydrogen) atoms. The number of hydrogen-bond acceptors (Lipinski definition) is 4. The number of hydrazine groups is 1. The predicted octanol–water partition coefficient (Wildman–Crippen LogP) is 0.799. The number of rotatable bonds is 4. The van der Waals surface area contributed by atoms with Crippen molar-refractivity contribution in [3.8, 4) is 0 Å². The third-order valence-corrected chi connectivity index (χ3v) is 3.82. The van der Waals surface area contributed by atoms with Crippen molar-refractivity contribution in [1.82, 2.24) is 20.1 Å². The molecule has 1 atom stereocenters. The Morgan fingerprint density at radius 3 is 2.53 bits per heavy atom. The number of likely N-dealkylation sites (tertiary alicyclic amines) is 1. The minimum atomic E-state index is -0.0143. The fraction of sp³-hybridized carbons (Fsp3) is 0.750. The van der Waals surface area contributed by atoms with Crippen LogP contribution in [-0.2, 0) is 7.05 Å². The zero-order valence-electron chi connectivity index (χ0n) is 11.0. The van der Waals surface area contributed by atoms with E-state index in [1.54, 1.807) is 0 Å². The quantitative estimate of drug-likeness (QED) is 0.601. The molecule has 5 nitrogen and oxygen atoms in total. The molecular formula is C12H23N5. The van der Waals surface area contributed by atoms with E-state index in [0.717, 1.165) is 18.8 Å². The first-order chi connectivity index (χ1) is 8.05. The molecule has 0 amide bonds. The van der Waals surface area contributed by atoms with Crippen LogP contribution in [0.1, 0.15) is 38.4 Å². The lowest BCUT2D eigenvalue weighted by molar-refractivity contribution is 0.105. The Morgan fingerprint density at radius 2 is 2.06 bits per heavy atom. The van der Waals surface area contributed by atoms with Gasteiger partial charge in [0.25, 0.3) is 0 Å². The molecular weight excluding hydrogens is 214 g/mol. The van der Waals surface area contributed by atoms with Crippen LogP contribution in [-0.4, -0.2) is 33.3 Å². The molecule has 0 radical (unpaired) electrons. The Kier molecular flexibility index (Phi) is 3.51. The third kappa shape index (κ3) is 2.36. The number of hydrogen-bond donors (Lipinski definition) is 2. The van der Waals surface area contributed by atoms with Crippen molar-refractivity contribution in [1.29, 1.82) is 0 Å². The second kappa shape index (κ2) is 4.76. The van der Waals surface area contributed by atoms with E-state index in [9.17, 15) is 0 Å². The Labute approximate surface area is 103 Å². The minimum Gasteiger partial charge on any atom is -0.296 e. The SMILES string of the molecule is Cn1ccc(C(NN)C(C)(C)N2CCCC2)n1. The molecule has 2 heterocycles. The van der Waals surface area contributed by atoms with Gasteiger partial charge in [0, 0.05) is 18.8 Å². The largest absolute Gasteiger partial charge is 0.296 e. The Balaban J connectivity index is 2.21. The normalized spacial score (nSPS) is 19.8. The highest BCUT2D eigenvalue weighted by Gasteiger charge is 2.38. The van der Waals surface area contributed by atoms with Gasteiger partial charge in [-0.25, -0.2) is 5.43 Å². The average molecular weight is 237 g/mol. The summed E-state index contributed by atoms with van der Waals surface area (Å²) in [5.74, 6) is 5.74. The summed E-state index contributed by atoms with van der Waals surface area (Å²) >= 11 is 0. The van der Waals surface area contributed by atoms with Crippen LogP contribution < -0.4 is 11.3 Å². The molecule has 1 saturated heterocycles. The summed E-state index contributed by atoms with van der Waals surface area (Å²) in [6, 6.07) is 2.09. The van der Waals surface area contributed by atoms with Crippen molar-refractivity contribution >= 4 is 0 Å². The molecule has 0 aliphatic carbocycles. The molecule has 1 aromatic rings. The molecule has 1 aliphatic heterocycles. The van der Waals surface area contributed by atoms with Gasteiger partial charge in [0.15, 0.2) is 0 Å². The number of aromatic nitrogens is 2. The summed E-state index contributed by atoms with van der Waals surface area (Å²) in [4.78, 5) is 2.49. The monoisotopic (exact) mass is 237 g/mol. The Hall–Kier alpha value is -0.910. The van der Waals surface area contributed by atoms with Crippen molar-refractivity contribution in [2.24, 2.45) is 12.9 Å². The molecule has 1 fully saturated rings. The maximum absolute atomic E-state index is 5.74. The van der Waals surface area contributed by atoms with Crippen LogP contribution in [0.2, 0.25) is 0 Å². The van der Waals surface area contributed by atoms with Crippen LogP contribution in [0.3, 0.4) is 0 Å². The van der Waals surface area contributed by atoms with Crippen LogP contribution in [0.25, 0.3) is 0 Å². The second-order valence-corrected chi connectivity index (χ2v) is 5.36. The minimum absolute atomic E-state index is 0.0143. The van der Waals surface area contributed by atoms with E-state index < -0.39 is 0 Å². The second-order valence-electron chi connectivity index (χ2n) is 5.36. The van der Waals surface area contributed by atoms with Gasteiger partial charge in [0.05, 0.1) is 11.7 Å². The lowest BCUT2D eigenvalue weighted by Crippen LogP contribution is -2.53. The van der Waals surface area contributed by atoms with Gasteiger partial charge in [-0.2, -0.15) is 5.10 Å². The van der Waals surface area contributed by atoms with Gasteiger partial charge >= 0.3 is 0 Å². The summed E-state index contributed by atoms with van der Waals surface area (Å²) in [7, 11) is 1.93. The van der Waals surface area contributed by atoms with Gasteiger partial charge in [-0.3, -0.25) is 15.4 Å². The highest BCUT2D eigenvalue weighted by Crippen LogP contribution is 2.32. The van der Waals surface area contributed by atoms with E-state index in [0.29, 0.717) is 0 Å². The maximum Gasteiger partial charge on any atom is 0.0828 e. The van der Waals surface area contributed by atoms with Crippen LogP contribution in [0.15, 0.2) is 12.3 Å². The van der Waals surface area contributed by atoms with Crippen molar-refractivity contribution in [2.75, 3.05) is 13.1 Å². The standard InChI is InChI=1S/C12H23N5/c1-12(2,17-7-4-5-8-17)11(14-13)10-6-9-16(3)15-10/h6,9,11,14H,4-5,7-8,13H2,1-3H3. The van der Waals surface area contributed by atoms with Crippen molar-refractivity contribution in [2.45, 2.75) is 38.3 Å². The third-order valence-electron chi connectivity index (χ3n) is 3.82. The average Bonchev–Trinajstić information content (AvgIpc) is 2.89. The molecule has 0 aromatic carbocycles. The molecule has 1 unspecified atom stereocenters. The zero-order valence-corrected chi connectivity index (χ0v) is 11.0. The highest BCUT2D eigenvalue weighted by atomic mass is 15.3. The molecule has 0 bridgehead atoms. The smallest absolute Gasteiger partial charge is 0.0828 e. The number of nitrogens with one attached hydrogen (secondary N) is 1. The summed E-state index contributed by atoms with van der Waals surface area (Å²) < 4.78 is 1.82. The van der Waals surface area contributed by atoms with Crippen LogP contribution >= 0.6 is 0 Å². The van der Waals surface area contributed by atoms with Gasteiger partial charge < -0.3 is 0 Å². The van der Waals surface area contributed by atoms with Gasteiger partial charge in [0.2, 0.25) is 0 Å². The first-order valence-corrected chi connectivity index (χ1v) is 6.26. The van der Waals surface area contributed by atoms with Crippen molar-refractivity contribution in [3.63, 3.8) is 0 Å². The fourth-order valence-corrected chi connectivity index (χ4v) is 2.71. The summed E-state index contributed by atoms with van der Waals surface area (Å²) in [5, 5.41) is 4.47.